The van der Waals surface area contributed by atoms with Gasteiger partial charge in [0, 0.05) is 32.3 Å². The van der Waals surface area contributed by atoms with Crippen molar-refractivity contribution >= 4 is 11.8 Å². The maximum Gasteiger partial charge on any atom is 0.254 e. The van der Waals surface area contributed by atoms with Crippen LogP contribution < -0.4 is 5.32 Å². The number of piperidine rings is 1. The SMILES string of the molecule is CCc1ncncc1C(=O)NC1CCC(=O)N(C)C1. The van der Waals surface area contributed by atoms with Gasteiger partial charge in [0.2, 0.25) is 5.91 Å². The minimum atomic E-state index is -0.162. The van der Waals surface area contributed by atoms with Crippen LogP contribution in [0.5, 0.6) is 0 Å². The van der Waals surface area contributed by atoms with Gasteiger partial charge < -0.3 is 10.2 Å². The molecule has 1 aromatic heterocycles. The first-order chi connectivity index (χ1) is 9.11. The van der Waals surface area contributed by atoms with Gasteiger partial charge in [-0.1, -0.05) is 6.92 Å². The van der Waals surface area contributed by atoms with Crippen LogP contribution in [0, 0.1) is 0 Å². The minimum Gasteiger partial charge on any atom is -0.347 e. The number of nitrogens with one attached hydrogen (secondary N) is 1. The zero-order valence-corrected chi connectivity index (χ0v) is 11.2. The highest BCUT2D eigenvalue weighted by molar-refractivity contribution is 5.95. The molecule has 1 saturated heterocycles. The standard InChI is InChI=1S/C13H18N4O2/c1-3-11-10(6-14-8-15-11)13(19)16-9-4-5-12(18)17(2)7-9/h6,8-9H,3-5,7H2,1-2H3,(H,16,19). The van der Waals surface area contributed by atoms with Crippen LogP contribution in [-0.4, -0.2) is 46.3 Å². The lowest BCUT2D eigenvalue weighted by Crippen LogP contribution is -2.48. The highest BCUT2D eigenvalue weighted by Crippen LogP contribution is 2.11. The fourth-order valence-corrected chi connectivity index (χ4v) is 2.22. The van der Waals surface area contributed by atoms with E-state index in [-0.39, 0.29) is 17.9 Å². The highest BCUT2D eigenvalue weighted by Gasteiger charge is 2.25. The Balaban J connectivity index is 2.03. The minimum absolute atomic E-state index is 0.000104. The summed E-state index contributed by atoms with van der Waals surface area (Å²) in [5, 5.41) is 2.95. The lowest BCUT2D eigenvalue weighted by Gasteiger charge is -2.30. The van der Waals surface area contributed by atoms with Crippen molar-refractivity contribution in [2.75, 3.05) is 13.6 Å². The molecule has 1 N–H and O–H groups in total. The molecular weight excluding hydrogens is 244 g/mol. The maximum atomic E-state index is 12.2. The Morgan fingerprint density at radius 3 is 3.05 bits per heavy atom. The molecule has 2 amide bonds. The molecule has 0 aliphatic carbocycles. The average Bonchev–Trinajstić information content (AvgIpc) is 2.43. The predicted molar refractivity (Wildman–Crippen MR) is 69.5 cm³/mol. The van der Waals surface area contributed by atoms with Crippen molar-refractivity contribution in [3.8, 4) is 0 Å². The second-order valence-corrected chi connectivity index (χ2v) is 4.72. The van der Waals surface area contributed by atoms with Crippen LogP contribution in [-0.2, 0) is 11.2 Å². The molecule has 2 rings (SSSR count). The maximum absolute atomic E-state index is 12.2. The Morgan fingerprint density at radius 1 is 1.58 bits per heavy atom. The number of rotatable bonds is 3. The van der Waals surface area contributed by atoms with E-state index < -0.39 is 0 Å². The number of aryl methyl sites for hydroxylation is 1. The molecule has 1 atom stereocenters. The molecule has 1 aliphatic rings. The van der Waals surface area contributed by atoms with Crippen molar-refractivity contribution in [2.24, 2.45) is 0 Å². The van der Waals surface area contributed by atoms with E-state index in [0.29, 0.717) is 31.4 Å². The number of amides is 2. The van der Waals surface area contributed by atoms with Crippen molar-refractivity contribution in [3.63, 3.8) is 0 Å². The first-order valence-corrected chi connectivity index (χ1v) is 6.45. The van der Waals surface area contributed by atoms with E-state index in [2.05, 4.69) is 15.3 Å². The van der Waals surface area contributed by atoms with Gasteiger partial charge in [0.15, 0.2) is 0 Å². The van der Waals surface area contributed by atoms with E-state index in [4.69, 9.17) is 0 Å². The average molecular weight is 262 g/mol. The summed E-state index contributed by atoms with van der Waals surface area (Å²) in [5.41, 5.74) is 1.26. The number of carbonyl (C=O) groups is 2. The van der Waals surface area contributed by atoms with E-state index in [0.717, 1.165) is 5.69 Å². The summed E-state index contributed by atoms with van der Waals surface area (Å²) < 4.78 is 0. The Kier molecular flexibility index (Phi) is 4.09. The second-order valence-electron chi connectivity index (χ2n) is 4.72. The molecule has 1 fully saturated rings. The van der Waals surface area contributed by atoms with Gasteiger partial charge >= 0.3 is 0 Å². The summed E-state index contributed by atoms with van der Waals surface area (Å²) in [6.45, 7) is 2.51. The van der Waals surface area contributed by atoms with Gasteiger partial charge in [0.1, 0.15) is 6.33 Å². The number of hydrogen-bond donors (Lipinski definition) is 1. The molecule has 6 nitrogen and oxygen atoms in total. The second kappa shape index (κ2) is 5.77. The van der Waals surface area contributed by atoms with Gasteiger partial charge in [-0.2, -0.15) is 0 Å². The van der Waals surface area contributed by atoms with Crippen molar-refractivity contribution in [2.45, 2.75) is 32.2 Å². The van der Waals surface area contributed by atoms with E-state index in [1.54, 1.807) is 18.1 Å². The number of nitrogens with zero attached hydrogens (tertiary/aromatic N) is 3. The van der Waals surface area contributed by atoms with Crippen molar-refractivity contribution in [1.29, 1.82) is 0 Å². The van der Waals surface area contributed by atoms with Crippen LogP contribution in [0.2, 0.25) is 0 Å². The zero-order valence-electron chi connectivity index (χ0n) is 11.2. The summed E-state index contributed by atoms with van der Waals surface area (Å²) in [7, 11) is 1.75. The molecule has 0 bridgehead atoms. The molecule has 19 heavy (non-hydrogen) atoms. The fraction of sp³-hybridized carbons (Fsp3) is 0.538. The van der Waals surface area contributed by atoms with E-state index in [1.165, 1.54) is 6.33 Å². The third kappa shape index (κ3) is 3.07. The first kappa shape index (κ1) is 13.5. The molecule has 1 unspecified atom stereocenters. The number of carbonyl (C=O) groups excluding carboxylic acids is 2. The Bertz CT molecular complexity index is 489. The van der Waals surface area contributed by atoms with Crippen LogP contribution in [0.1, 0.15) is 35.8 Å². The summed E-state index contributed by atoms with van der Waals surface area (Å²) in [4.78, 5) is 33.2. The lowest BCUT2D eigenvalue weighted by atomic mass is 10.0. The third-order valence-corrected chi connectivity index (χ3v) is 3.34. The Morgan fingerprint density at radius 2 is 2.37 bits per heavy atom. The molecule has 0 aromatic carbocycles. The van der Waals surface area contributed by atoms with Gasteiger partial charge in [-0.25, -0.2) is 9.97 Å². The molecule has 2 heterocycles. The lowest BCUT2D eigenvalue weighted by molar-refractivity contribution is -0.132. The fourth-order valence-electron chi connectivity index (χ4n) is 2.22. The summed E-state index contributed by atoms with van der Waals surface area (Å²) in [6, 6.07) is 0.000104. The Labute approximate surface area is 112 Å². The normalized spacial score (nSPS) is 19.4. The molecule has 1 aromatic rings. The molecule has 0 saturated carbocycles. The number of hydrogen-bond acceptors (Lipinski definition) is 4. The van der Waals surface area contributed by atoms with Crippen molar-refractivity contribution < 1.29 is 9.59 Å². The molecule has 0 spiro atoms. The largest absolute Gasteiger partial charge is 0.347 e. The molecular formula is C13H18N4O2. The number of aromatic nitrogens is 2. The number of likely N-dealkylation sites (tertiary alicyclic amines) is 1. The number of likely N-dealkylation sites (N-methyl/N-ethyl adjacent to an activating group) is 1. The molecule has 0 radical (unpaired) electrons. The summed E-state index contributed by atoms with van der Waals surface area (Å²) >= 11 is 0. The molecule has 102 valence electrons. The van der Waals surface area contributed by atoms with Crippen LogP contribution in [0.25, 0.3) is 0 Å². The van der Waals surface area contributed by atoms with Crippen LogP contribution in [0.15, 0.2) is 12.5 Å². The van der Waals surface area contributed by atoms with Crippen LogP contribution in [0.4, 0.5) is 0 Å². The van der Waals surface area contributed by atoms with Crippen LogP contribution in [0.3, 0.4) is 0 Å². The van der Waals surface area contributed by atoms with Gasteiger partial charge in [0.05, 0.1) is 11.3 Å². The zero-order chi connectivity index (χ0) is 13.8. The summed E-state index contributed by atoms with van der Waals surface area (Å²) in [6.07, 6.45) is 4.84. The van der Waals surface area contributed by atoms with Gasteiger partial charge in [0.25, 0.3) is 5.91 Å². The Hall–Kier alpha value is -1.98. The van der Waals surface area contributed by atoms with Gasteiger partial charge in [-0.05, 0) is 12.8 Å². The summed E-state index contributed by atoms with van der Waals surface area (Å²) in [5.74, 6) is -0.0343. The van der Waals surface area contributed by atoms with E-state index >= 15 is 0 Å². The van der Waals surface area contributed by atoms with Crippen LogP contribution >= 0.6 is 0 Å². The molecule has 6 heteroatoms. The monoisotopic (exact) mass is 262 g/mol. The first-order valence-electron chi connectivity index (χ1n) is 6.45. The quantitative estimate of drug-likeness (QED) is 0.855. The smallest absolute Gasteiger partial charge is 0.254 e. The predicted octanol–water partition coefficient (Wildman–Crippen LogP) is 0.390. The van der Waals surface area contributed by atoms with Crippen molar-refractivity contribution in [1.82, 2.24) is 20.2 Å². The van der Waals surface area contributed by atoms with Crippen molar-refractivity contribution in [3.05, 3.63) is 23.8 Å². The van der Waals surface area contributed by atoms with E-state index in [9.17, 15) is 9.59 Å². The highest BCUT2D eigenvalue weighted by atomic mass is 16.2. The third-order valence-electron chi connectivity index (χ3n) is 3.34. The van der Waals surface area contributed by atoms with E-state index in [1.807, 2.05) is 6.92 Å². The van der Waals surface area contributed by atoms with Gasteiger partial charge in [-0.3, -0.25) is 9.59 Å². The molecule has 1 aliphatic heterocycles. The topological polar surface area (TPSA) is 75.2 Å². The van der Waals surface area contributed by atoms with Gasteiger partial charge in [-0.15, -0.1) is 0 Å².